The molecular weight excluding hydrogens is 492 g/mol. The summed E-state index contributed by atoms with van der Waals surface area (Å²) in [6, 6.07) is 24.6. The first-order valence-electron chi connectivity index (χ1n) is 11.4. The van der Waals surface area contributed by atoms with E-state index in [0.717, 1.165) is 15.6 Å². The molecule has 178 valence electrons. The minimum Gasteiger partial charge on any atom is -0.484 e. The average Bonchev–Trinajstić information content (AvgIpc) is 2.86. The number of nitrogens with one attached hydrogen (secondary N) is 1. The largest absolute Gasteiger partial charge is 0.484 e. The predicted molar refractivity (Wildman–Crippen MR) is 139 cm³/mol. The van der Waals surface area contributed by atoms with Crippen molar-refractivity contribution >= 4 is 27.7 Å². The fourth-order valence-corrected chi connectivity index (χ4v) is 3.95. The summed E-state index contributed by atoms with van der Waals surface area (Å²) in [5.41, 5.74) is 3.12. The number of nitrogens with zero attached hydrogens (tertiary/aromatic N) is 1. The summed E-state index contributed by atoms with van der Waals surface area (Å²) in [4.78, 5) is 28.0. The van der Waals surface area contributed by atoms with E-state index in [9.17, 15) is 9.59 Å². The molecule has 0 unspecified atom stereocenters. The number of amides is 2. The topological polar surface area (TPSA) is 58.6 Å². The van der Waals surface area contributed by atoms with Gasteiger partial charge in [0.25, 0.3) is 5.91 Å². The Bertz CT molecular complexity index is 1070. The molecule has 0 aliphatic carbocycles. The molecular formula is C28H31BrN2O3. The highest BCUT2D eigenvalue weighted by Gasteiger charge is 2.30. The first kappa shape index (κ1) is 25.5. The molecule has 0 aliphatic heterocycles. The van der Waals surface area contributed by atoms with Crippen LogP contribution in [0.1, 0.15) is 36.5 Å². The van der Waals surface area contributed by atoms with Gasteiger partial charge in [-0.15, -0.1) is 0 Å². The Hall–Kier alpha value is -3.12. The molecule has 0 heterocycles. The lowest BCUT2D eigenvalue weighted by molar-refractivity contribution is -0.142. The Labute approximate surface area is 210 Å². The summed E-state index contributed by atoms with van der Waals surface area (Å²) in [7, 11) is 1.59. The van der Waals surface area contributed by atoms with Gasteiger partial charge in [0.05, 0.1) is 0 Å². The van der Waals surface area contributed by atoms with E-state index in [1.165, 1.54) is 5.56 Å². The maximum absolute atomic E-state index is 13.4. The molecule has 0 aromatic heterocycles. The van der Waals surface area contributed by atoms with Crippen LogP contribution >= 0.6 is 15.9 Å². The molecule has 1 N–H and O–H groups in total. The summed E-state index contributed by atoms with van der Waals surface area (Å²) >= 11 is 3.45. The molecule has 3 aromatic carbocycles. The molecule has 0 saturated heterocycles. The second kappa shape index (κ2) is 12.4. The Kier molecular flexibility index (Phi) is 9.28. The molecule has 34 heavy (non-hydrogen) atoms. The first-order valence-corrected chi connectivity index (χ1v) is 12.2. The van der Waals surface area contributed by atoms with Gasteiger partial charge in [-0.25, -0.2) is 0 Å². The number of likely N-dealkylation sites (N-methyl/N-ethyl adjacent to an activating group) is 1. The number of benzene rings is 3. The summed E-state index contributed by atoms with van der Waals surface area (Å²) in [6.07, 6.45) is 0.409. The smallest absolute Gasteiger partial charge is 0.261 e. The van der Waals surface area contributed by atoms with Gasteiger partial charge in [0.2, 0.25) is 5.91 Å². The summed E-state index contributed by atoms with van der Waals surface area (Å²) < 4.78 is 6.78. The van der Waals surface area contributed by atoms with Gasteiger partial charge in [-0.3, -0.25) is 9.59 Å². The van der Waals surface area contributed by atoms with E-state index >= 15 is 0 Å². The van der Waals surface area contributed by atoms with E-state index < -0.39 is 6.04 Å². The summed E-state index contributed by atoms with van der Waals surface area (Å²) in [6.45, 7) is 4.41. The van der Waals surface area contributed by atoms with Gasteiger partial charge in [-0.1, -0.05) is 84.4 Å². The number of rotatable bonds is 10. The summed E-state index contributed by atoms with van der Waals surface area (Å²) in [5, 5.41) is 2.72. The van der Waals surface area contributed by atoms with Gasteiger partial charge in [-0.05, 0) is 46.9 Å². The quantitative estimate of drug-likeness (QED) is 0.391. The van der Waals surface area contributed by atoms with Crippen molar-refractivity contribution in [2.45, 2.75) is 38.8 Å². The number of halogens is 1. The standard InChI is InChI=1S/C28H31BrN2O3/c1-20(2)23-11-15-25(16-12-23)34-19-27(32)31(18-22-9-13-24(29)14-10-22)26(28(33)30-3)17-21-7-5-4-6-8-21/h4-16,20,26H,17-19H2,1-3H3,(H,30,33)/t26-/m0/s1. The third-order valence-corrected chi connectivity index (χ3v) is 6.22. The summed E-state index contributed by atoms with van der Waals surface area (Å²) in [5.74, 6) is 0.584. The van der Waals surface area contributed by atoms with Gasteiger partial charge in [0, 0.05) is 24.5 Å². The van der Waals surface area contributed by atoms with Gasteiger partial charge in [0.1, 0.15) is 11.8 Å². The van der Waals surface area contributed by atoms with E-state index in [1.54, 1.807) is 11.9 Å². The molecule has 2 amide bonds. The monoisotopic (exact) mass is 522 g/mol. The van der Waals surface area contributed by atoms with Crippen molar-refractivity contribution in [2.24, 2.45) is 0 Å². The second-order valence-electron chi connectivity index (χ2n) is 8.48. The molecule has 0 radical (unpaired) electrons. The zero-order chi connectivity index (χ0) is 24.5. The van der Waals surface area contributed by atoms with Crippen molar-refractivity contribution in [3.05, 3.63) is 100 Å². The lowest BCUT2D eigenvalue weighted by atomic mass is 10.0. The lowest BCUT2D eigenvalue weighted by Gasteiger charge is -2.31. The number of carbonyl (C=O) groups is 2. The van der Waals surface area contributed by atoms with Crippen molar-refractivity contribution in [3.63, 3.8) is 0 Å². The minimum atomic E-state index is -0.671. The van der Waals surface area contributed by atoms with Gasteiger partial charge < -0.3 is 15.0 Å². The second-order valence-corrected chi connectivity index (χ2v) is 9.40. The van der Waals surface area contributed by atoms with Crippen molar-refractivity contribution in [2.75, 3.05) is 13.7 Å². The zero-order valence-corrected chi connectivity index (χ0v) is 21.4. The molecule has 5 nitrogen and oxygen atoms in total. The number of carbonyl (C=O) groups excluding carboxylic acids is 2. The maximum atomic E-state index is 13.4. The fourth-order valence-electron chi connectivity index (χ4n) is 3.68. The predicted octanol–water partition coefficient (Wildman–Crippen LogP) is 5.34. The highest BCUT2D eigenvalue weighted by molar-refractivity contribution is 9.10. The van der Waals surface area contributed by atoms with E-state index in [2.05, 4.69) is 35.1 Å². The van der Waals surface area contributed by atoms with Crippen LogP contribution in [0.3, 0.4) is 0 Å². The molecule has 0 aliphatic rings. The molecule has 3 rings (SSSR count). The van der Waals surface area contributed by atoms with E-state index in [-0.39, 0.29) is 18.4 Å². The third kappa shape index (κ3) is 7.19. The molecule has 6 heteroatoms. The van der Waals surface area contributed by atoms with Crippen LogP contribution in [0.2, 0.25) is 0 Å². The third-order valence-electron chi connectivity index (χ3n) is 5.69. The SMILES string of the molecule is CNC(=O)[C@H](Cc1ccccc1)N(Cc1ccc(Br)cc1)C(=O)COc1ccc(C(C)C)cc1. The van der Waals surface area contributed by atoms with Crippen molar-refractivity contribution in [3.8, 4) is 5.75 Å². The van der Waals surface area contributed by atoms with Crippen LogP contribution in [0.15, 0.2) is 83.3 Å². The van der Waals surface area contributed by atoms with Crippen molar-refractivity contribution in [1.29, 1.82) is 0 Å². The van der Waals surface area contributed by atoms with Crippen LogP contribution in [0, 0.1) is 0 Å². The highest BCUT2D eigenvalue weighted by atomic mass is 79.9. The van der Waals surface area contributed by atoms with E-state index in [4.69, 9.17) is 4.74 Å². The van der Waals surface area contributed by atoms with Crippen LogP contribution in [-0.2, 0) is 22.6 Å². The number of ether oxygens (including phenoxy) is 1. The van der Waals surface area contributed by atoms with Gasteiger partial charge in [-0.2, -0.15) is 0 Å². The van der Waals surface area contributed by atoms with Crippen LogP contribution in [0.4, 0.5) is 0 Å². The number of hydrogen-bond donors (Lipinski definition) is 1. The fraction of sp³-hybridized carbons (Fsp3) is 0.286. The van der Waals surface area contributed by atoms with Gasteiger partial charge >= 0.3 is 0 Å². The van der Waals surface area contributed by atoms with Gasteiger partial charge in [0.15, 0.2) is 6.61 Å². The van der Waals surface area contributed by atoms with E-state index in [1.807, 2.05) is 78.9 Å². The Morgan fingerprint density at radius 2 is 1.56 bits per heavy atom. The normalized spacial score (nSPS) is 11.7. The van der Waals surface area contributed by atoms with Crippen LogP contribution in [-0.4, -0.2) is 36.4 Å². The molecule has 0 fully saturated rings. The molecule has 3 aromatic rings. The van der Waals surface area contributed by atoms with Crippen molar-refractivity contribution in [1.82, 2.24) is 10.2 Å². The highest BCUT2D eigenvalue weighted by Crippen LogP contribution is 2.20. The Morgan fingerprint density at radius 3 is 2.15 bits per heavy atom. The Balaban J connectivity index is 1.83. The number of hydrogen-bond acceptors (Lipinski definition) is 3. The maximum Gasteiger partial charge on any atom is 0.261 e. The van der Waals surface area contributed by atoms with Crippen LogP contribution in [0.5, 0.6) is 5.75 Å². The average molecular weight is 523 g/mol. The van der Waals surface area contributed by atoms with Crippen LogP contribution in [0.25, 0.3) is 0 Å². The first-order chi connectivity index (χ1) is 16.4. The Morgan fingerprint density at radius 1 is 0.912 bits per heavy atom. The molecule has 0 saturated carbocycles. The molecule has 1 atom stereocenters. The molecule has 0 spiro atoms. The van der Waals surface area contributed by atoms with Crippen molar-refractivity contribution < 1.29 is 14.3 Å². The lowest BCUT2D eigenvalue weighted by Crippen LogP contribution is -2.51. The minimum absolute atomic E-state index is 0.153. The van der Waals surface area contributed by atoms with Crippen LogP contribution < -0.4 is 10.1 Å². The van der Waals surface area contributed by atoms with E-state index in [0.29, 0.717) is 24.6 Å². The molecule has 0 bridgehead atoms. The zero-order valence-electron chi connectivity index (χ0n) is 19.8.